The Hall–Kier alpha value is -2.12. The van der Waals surface area contributed by atoms with Crippen LogP contribution in [0.4, 0.5) is 0 Å². The SMILES string of the molecule is CC(C)CC[C@H](C(C)C)N1C(=O)[C@@](C)(CC(=O)[O-])C[C@H](c2cccc(Cl)c2)[C@H]1c1ccc(Cl)cc1.C[N+]12CC[NH+](CC1)CC2. The molecule has 4 atom stereocenters. The van der Waals surface area contributed by atoms with E-state index >= 15 is 0 Å². The number of halogens is 2. The number of piperazine rings is 3. The van der Waals surface area contributed by atoms with E-state index < -0.39 is 11.4 Å². The lowest BCUT2D eigenvalue weighted by Crippen LogP contribution is -3.19. The minimum atomic E-state index is -1.21. The molecule has 4 heterocycles. The smallest absolute Gasteiger partial charge is 0.229 e. The second-order valence-corrected chi connectivity index (χ2v) is 15.6. The number of likely N-dealkylation sites (tertiary alicyclic amines) is 1. The van der Waals surface area contributed by atoms with E-state index in [0.29, 0.717) is 22.4 Å². The Balaban J connectivity index is 0.000000413. The van der Waals surface area contributed by atoms with Crippen molar-refractivity contribution in [1.82, 2.24) is 4.90 Å². The van der Waals surface area contributed by atoms with Crippen molar-refractivity contribution in [2.24, 2.45) is 17.3 Å². The van der Waals surface area contributed by atoms with Gasteiger partial charge in [-0.15, -0.1) is 0 Å². The summed E-state index contributed by atoms with van der Waals surface area (Å²) in [6.45, 7) is 19.0. The monoisotopic (exact) mass is 644 g/mol. The van der Waals surface area contributed by atoms with Crippen molar-refractivity contribution in [3.63, 3.8) is 0 Å². The first-order chi connectivity index (χ1) is 20.7. The molecule has 2 bridgehead atoms. The quantitative estimate of drug-likeness (QED) is 0.391. The van der Waals surface area contributed by atoms with Gasteiger partial charge in [0.15, 0.2) is 0 Å². The Morgan fingerprint density at radius 2 is 1.59 bits per heavy atom. The summed E-state index contributed by atoms with van der Waals surface area (Å²) in [4.78, 5) is 29.9. The molecule has 44 heavy (non-hydrogen) atoms. The van der Waals surface area contributed by atoms with Crippen LogP contribution < -0.4 is 10.0 Å². The second kappa shape index (κ2) is 14.5. The van der Waals surface area contributed by atoms with E-state index in [-0.39, 0.29) is 36.2 Å². The van der Waals surface area contributed by atoms with Gasteiger partial charge in [-0.2, -0.15) is 0 Å². The van der Waals surface area contributed by atoms with Crippen LogP contribution >= 0.6 is 23.2 Å². The molecule has 1 N–H and O–H groups in total. The number of carboxylic acid groups (broad SMARTS) is 1. The summed E-state index contributed by atoms with van der Waals surface area (Å²) in [5.74, 6) is -0.792. The summed E-state index contributed by atoms with van der Waals surface area (Å²) in [5, 5.41) is 13.1. The molecule has 0 spiro atoms. The molecule has 0 unspecified atom stereocenters. The molecule has 2 aromatic rings. The standard InChI is InChI=1S/C29H37Cl2NO3.C7H15N2/c1-18(2)9-14-25(19(3)4)32-27(20-10-12-22(30)13-11-20)24(21-7-6-8-23(31)15-21)16-29(5,28(32)35)17-26(33)34;1-9-5-2-8(3-6-9)4-7-9/h6-8,10-13,15,18-19,24-25,27H,9,14,16-17H2,1-5H3,(H,33,34);2-7H2,1H3/q;+1/t24-,25-,27-,29-;/m1./s1. The van der Waals surface area contributed by atoms with Crippen LogP contribution in [0.1, 0.15) is 83.4 Å². The molecule has 1 amide bonds. The van der Waals surface area contributed by atoms with Gasteiger partial charge in [-0.3, -0.25) is 4.79 Å². The van der Waals surface area contributed by atoms with E-state index in [1.54, 1.807) is 6.92 Å². The highest BCUT2D eigenvalue weighted by molar-refractivity contribution is 6.30. The number of likely N-dealkylation sites (N-methyl/N-ethyl adjacent to an activating group) is 1. The average molecular weight is 646 g/mol. The summed E-state index contributed by atoms with van der Waals surface area (Å²) in [6, 6.07) is 15.0. The molecule has 4 aliphatic rings. The fourth-order valence-corrected chi connectivity index (χ4v) is 7.85. The van der Waals surface area contributed by atoms with Crippen LogP contribution in [0.25, 0.3) is 0 Å². The molecule has 0 radical (unpaired) electrons. The van der Waals surface area contributed by atoms with Crippen molar-refractivity contribution in [1.29, 1.82) is 0 Å². The highest BCUT2D eigenvalue weighted by atomic mass is 35.5. The highest BCUT2D eigenvalue weighted by Gasteiger charge is 2.52. The van der Waals surface area contributed by atoms with Gasteiger partial charge in [0.1, 0.15) is 39.3 Å². The van der Waals surface area contributed by atoms with Crippen LogP contribution in [0.15, 0.2) is 48.5 Å². The number of amides is 1. The van der Waals surface area contributed by atoms with Crippen molar-refractivity contribution < 1.29 is 24.1 Å². The van der Waals surface area contributed by atoms with Gasteiger partial charge in [-0.05, 0) is 66.5 Å². The molecule has 6 rings (SSSR count). The highest BCUT2D eigenvalue weighted by Crippen LogP contribution is 2.52. The van der Waals surface area contributed by atoms with Gasteiger partial charge < -0.3 is 24.2 Å². The molecular formula is C36H52Cl2N3O3+. The largest absolute Gasteiger partial charge is 0.550 e. The van der Waals surface area contributed by atoms with Gasteiger partial charge in [0.05, 0.1) is 18.5 Å². The van der Waals surface area contributed by atoms with Crippen LogP contribution in [0.5, 0.6) is 0 Å². The van der Waals surface area contributed by atoms with Crippen LogP contribution in [0, 0.1) is 17.3 Å². The first-order valence-corrected chi connectivity index (χ1v) is 17.2. The zero-order valence-electron chi connectivity index (χ0n) is 27.5. The number of fused-ring (bicyclic) bond motifs is 3. The number of piperidine rings is 1. The van der Waals surface area contributed by atoms with E-state index in [0.717, 1.165) is 24.0 Å². The zero-order valence-corrected chi connectivity index (χ0v) is 29.0. The maximum absolute atomic E-state index is 14.3. The number of carbonyl (C=O) groups excluding carboxylic acids is 2. The fraction of sp³-hybridized carbons (Fsp3) is 0.611. The lowest BCUT2D eigenvalue weighted by atomic mass is 9.66. The van der Waals surface area contributed by atoms with Crippen LogP contribution in [0.2, 0.25) is 10.0 Å². The minimum absolute atomic E-state index is 0.0476. The Morgan fingerprint density at radius 1 is 0.977 bits per heavy atom. The maximum Gasteiger partial charge on any atom is 0.229 e. The first kappa shape index (κ1) is 34.7. The third-order valence-electron chi connectivity index (χ3n) is 10.3. The third kappa shape index (κ3) is 8.37. The molecule has 0 saturated carbocycles. The zero-order chi connectivity index (χ0) is 32.2. The Bertz CT molecular complexity index is 1260. The van der Waals surface area contributed by atoms with Crippen LogP contribution in [-0.4, -0.2) is 73.6 Å². The summed E-state index contributed by atoms with van der Waals surface area (Å²) in [6.07, 6.45) is 1.88. The van der Waals surface area contributed by atoms with Crippen LogP contribution in [0.3, 0.4) is 0 Å². The maximum atomic E-state index is 14.3. The van der Waals surface area contributed by atoms with Gasteiger partial charge in [-0.25, -0.2) is 0 Å². The van der Waals surface area contributed by atoms with E-state index in [1.165, 1.54) is 43.8 Å². The number of quaternary nitrogens is 2. The Labute approximate surface area is 274 Å². The first-order valence-electron chi connectivity index (χ1n) is 16.4. The number of rotatable bonds is 9. The van der Waals surface area contributed by atoms with E-state index in [1.807, 2.05) is 58.3 Å². The average Bonchev–Trinajstić information content (AvgIpc) is 2.96. The molecule has 2 aromatic carbocycles. The summed E-state index contributed by atoms with van der Waals surface area (Å²) >= 11 is 12.6. The molecule has 0 aromatic heterocycles. The predicted molar refractivity (Wildman–Crippen MR) is 177 cm³/mol. The number of hydrogen-bond donors (Lipinski definition) is 1. The fourth-order valence-electron chi connectivity index (χ4n) is 7.52. The van der Waals surface area contributed by atoms with Crippen molar-refractivity contribution in [2.45, 2.75) is 78.3 Å². The summed E-state index contributed by atoms with van der Waals surface area (Å²) in [5.41, 5.74) is 0.893. The third-order valence-corrected chi connectivity index (χ3v) is 10.8. The molecule has 4 aliphatic heterocycles. The van der Waals surface area contributed by atoms with Crippen molar-refractivity contribution >= 4 is 35.1 Å². The van der Waals surface area contributed by atoms with Crippen molar-refractivity contribution in [3.05, 3.63) is 69.7 Å². The molecule has 4 fully saturated rings. The lowest BCUT2D eigenvalue weighted by Gasteiger charge is -2.53. The predicted octanol–water partition coefficient (Wildman–Crippen LogP) is 5.00. The number of carbonyl (C=O) groups is 2. The van der Waals surface area contributed by atoms with E-state index in [9.17, 15) is 14.7 Å². The Kier molecular flexibility index (Phi) is 11.5. The number of hydrogen-bond acceptors (Lipinski definition) is 3. The van der Waals surface area contributed by atoms with Gasteiger partial charge in [0.25, 0.3) is 0 Å². The van der Waals surface area contributed by atoms with Gasteiger partial charge in [0.2, 0.25) is 5.91 Å². The lowest BCUT2D eigenvalue weighted by molar-refractivity contribution is -1.06. The number of aliphatic carboxylic acids is 1. The van der Waals surface area contributed by atoms with Gasteiger partial charge in [0, 0.05) is 34.4 Å². The minimum Gasteiger partial charge on any atom is -0.550 e. The topological polar surface area (TPSA) is 64.9 Å². The van der Waals surface area contributed by atoms with Gasteiger partial charge >= 0.3 is 0 Å². The Morgan fingerprint density at radius 3 is 2.07 bits per heavy atom. The van der Waals surface area contributed by atoms with Crippen molar-refractivity contribution in [2.75, 3.05) is 46.3 Å². The number of benzene rings is 2. The molecule has 6 nitrogen and oxygen atoms in total. The van der Waals surface area contributed by atoms with Gasteiger partial charge in [-0.1, -0.05) is 82.1 Å². The normalized spacial score (nSPS) is 29.0. The van der Waals surface area contributed by atoms with E-state index in [2.05, 4.69) is 34.7 Å². The van der Waals surface area contributed by atoms with Crippen molar-refractivity contribution in [3.8, 4) is 0 Å². The number of nitrogens with zero attached hydrogens (tertiary/aromatic N) is 2. The molecular weight excluding hydrogens is 593 g/mol. The summed E-state index contributed by atoms with van der Waals surface area (Å²) < 4.78 is 1.36. The second-order valence-electron chi connectivity index (χ2n) is 14.8. The molecule has 4 saturated heterocycles. The number of nitrogens with one attached hydrogen (secondary N) is 1. The van der Waals surface area contributed by atoms with Crippen LogP contribution in [-0.2, 0) is 9.59 Å². The number of carboxylic acids is 1. The molecule has 8 heteroatoms. The summed E-state index contributed by atoms with van der Waals surface area (Å²) in [7, 11) is 2.40. The van der Waals surface area contributed by atoms with E-state index in [4.69, 9.17) is 23.2 Å². The molecule has 0 aliphatic carbocycles. The molecule has 242 valence electrons.